The number of aryl methyl sites for hydroxylation is 1. The van der Waals surface area contributed by atoms with E-state index in [1.807, 2.05) is 0 Å². The van der Waals surface area contributed by atoms with Gasteiger partial charge in [0.1, 0.15) is 6.17 Å². The van der Waals surface area contributed by atoms with Crippen LogP contribution in [0.25, 0.3) is 0 Å². The summed E-state index contributed by atoms with van der Waals surface area (Å²) in [7, 11) is 0. The Labute approximate surface area is 174 Å². The maximum absolute atomic E-state index is 13.1. The molecule has 1 aliphatic rings. The van der Waals surface area contributed by atoms with Crippen LogP contribution in [-0.2, 0) is 6.18 Å². The number of nitrogens with two attached hydrogens (primary N) is 1. The second-order valence-electron chi connectivity index (χ2n) is 7.02. The minimum Gasteiger partial charge on any atom is -0.319 e. The summed E-state index contributed by atoms with van der Waals surface area (Å²) in [5.74, 6) is -1.03. The van der Waals surface area contributed by atoms with Gasteiger partial charge in [0.25, 0.3) is 11.8 Å². The number of anilines is 2. The summed E-state index contributed by atoms with van der Waals surface area (Å²) < 4.78 is 39.8. The fourth-order valence-corrected chi connectivity index (χ4v) is 3.24. The SMILES string of the molecule is Cc1ccc(C(=O)Nc2cnn3c2C(=O)N(c2ccc(C(F)(F)F)cc2)CC3N)cn1. The van der Waals surface area contributed by atoms with Gasteiger partial charge in [-0.2, -0.15) is 18.3 Å². The Morgan fingerprint density at radius 2 is 1.87 bits per heavy atom. The number of nitrogens with one attached hydrogen (secondary N) is 1. The Bertz CT molecular complexity index is 1140. The second kappa shape index (κ2) is 7.51. The van der Waals surface area contributed by atoms with Gasteiger partial charge < -0.3 is 16.0 Å². The summed E-state index contributed by atoms with van der Waals surface area (Å²) in [6, 6.07) is 7.47. The molecule has 3 aromatic rings. The molecule has 3 heterocycles. The highest BCUT2D eigenvalue weighted by Gasteiger charge is 2.35. The number of aromatic nitrogens is 3. The van der Waals surface area contributed by atoms with Crippen LogP contribution >= 0.6 is 0 Å². The van der Waals surface area contributed by atoms with Crippen molar-refractivity contribution < 1.29 is 22.8 Å². The lowest BCUT2D eigenvalue weighted by Gasteiger charge is -2.32. The maximum Gasteiger partial charge on any atom is 0.416 e. The molecule has 1 unspecified atom stereocenters. The molecule has 1 atom stereocenters. The number of fused-ring (bicyclic) bond motifs is 1. The first-order valence-electron chi connectivity index (χ1n) is 9.21. The van der Waals surface area contributed by atoms with Crippen LogP contribution in [-0.4, -0.2) is 33.1 Å². The van der Waals surface area contributed by atoms with E-state index in [-0.39, 0.29) is 29.2 Å². The summed E-state index contributed by atoms with van der Waals surface area (Å²) in [6.45, 7) is 1.79. The standard InChI is InChI=1S/C20H17F3N6O2/c1-11-2-3-12(8-25-11)18(30)27-15-9-26-29-16(24)10-28(19(31)17(15)29)14-6-4-13(5-7-14)20(21,22)23/h2-9,16H,10,24H2,1H3,(H,27,30). The Hall–Kier alpha value is -3.73. The third-order valence-electron chi connectivity index (χ3n) is 4.86. The number of carbonyl (C=O) groups is 2. The van der Waals surface area contributed by atoms with Gasteiger partial charge in [0.05, 0.1) is 29.6 Å². The highest BCUT2D eigenvalue weighted by Crippen LogP contribution is 2.33. The van der Waals surface area contributed by atoms with E-state index < -0.39 is 29.7 Å². The summed E-state index contributed by atoms with van der Waals surface area (Å²) in [5, 5.41) is 6.71. The molecule has 2 amide bonds. The molecular formula is C20H17F3N6O2. The Morgan fingerprint density at radius 3 is 2.48 bits per heavy atom. The highest BCUT2D eigenvalue weighted by molar-refractivity contribution is 6.13. The average Bonchev–Trinajstić information content (AvgIpc) is 3.15. The fourth-order valence-electron chi connectivity index (χ4n) is 3.24. The molecule has 31 heavy (non-hydrogen) atoms. The minimum atomic E-state index is -4.48. The van der Waals surface area contributed by atoms with E-state index in [0.29, 0.717) is 0 Å². The number of carbonyl (C=O) groups excluding carboxylic acids is 2. The normalized spacial score (nSPS) is 16.2. The lowest BCUT2D eigenvalue weighted by molar-refractivity contribution is -0.137. The van der Waals surface area contributed by atoms with Gasteiger partial charge in [-0.05, 0) is 43.3 Å². The van der Waals surface area contributed by atoms with Crippen LogP contribution in [0.3, 0.4) is 0 Å². The van der Waals surface area contributed by atoms with E-state index in [1.165, 1.54) is 34.1 Å². The number of halogens is 3. The fraction of sp³-hybridized carbons (Fsp3) is 0.200. The van der Waals surface area contributed by atoms with Crippen LogP contribution in [0.2, 0.25) is 0 Å². The summed E-state index contributed by atoms with van der Waals surface area (Å²) >= 11 is 0. The van der Waals surface area contributed by atoms with E-state index in [2.05, 4.69) is 15.4 Å². The summed E-state index contributed by atoms with van der Waals surface area (Å²) in [6.07, 6.45) is -2.52. The molecule has 160 valence electrons. The molecule has 1 aromatic carbocycles. The van der Waals surface area contributed by atoms with E-state index in [4.69, 9.17) is 5.73 Å². The van der Waals surface area contributed by atoms with Gasteiger partial charge in [0.15, 0.2) is 5.69 Å². The Kier molecular flexibility index (Phi) is 4.97. The molecule has 0 fully saturated rings. The largest absolute Gasteiger partial charge is 0.416 e. The topological polar surface area (TPSA) is 106 Å². The predicted octanol–water partition coefficient (Wildman–Crippen LogP) is 2.98. The van der Waals surface area contributed by atoms with Crippen molar-refractivity contribution in [3.63, 3.8) is 0 Å². The molecule has 0 radical (unpaired) electrons. The number of nitrogens with zero attached hydrogens (tertiary/aromatic N) is 4. The van der Waals surface area contributed by atoms with Crippen molar-refractivity contribution >= 4 is 23.2 Å². The molecule has 1 aliphatic heterocycles. The van der Waals surface area contributed by atoms with Crippen molar-refractivity contribution in [2.45, 2.75) is 19.3 Å². The molecule has 0 spiro atoms. The number of hydrogen-bond donors (Lipinski definition) is 2. The molecule has 2 aromatic heterocycles. The van der Waals surface area contributed by atoms with Crippen LogP contribution in [0.5, 0.6) is 0 Å². The van der Waals surface area contributed by atoms with E-state index in [0.717, 1.165) is 17.8 Å². The van der Waals surface area contributed by atoms with Crippen LogP contribution in [0.1, 0.15) is 38.3 Å². The number of rotatable bonds is 3. The zero-order valence-electron chi connectivity index (χ0n) is 16.2. The summed E-state index contributed by atoms with van der Waals surface area (Å²) in [4.78, 5) is 31.0. The number of amides is 2. The molecule has 3 N–H and O–H groups in total. The molecule has 0 saturated heterocycles. The number of benzene rings is 1. The third kappa shape index (κ3) is 3.87. The molecule has 8 nitrogen and oxygen atoms in total. The van der Waals surface area contributed by atoms with Crippen molar-refractivity contribution in [1.82, 2.24) is 14.8 Å². The van der Waals surface area contributed by atoms with E-state index >= 15 is 0 Å². The summed E-state index contributed by atoms with van der Waals surface area (Å²) in [5.41, 5.74) is 6.75. The van der Waals surface area contributed by atoms with Gasteiger partial charge in [-0.25, -0.2) is 4.68 Å². The highest BCUT2D eigenvalue weighted by atomic mass is 19.4. The van der Waals surface area contributed by atoms with Crippen molar-refractivity contribution in [1.29, 1.82) is 0 Å². The maximum atomic E-state index is 13.1. The smallest absolute Gasteiger partial charge is 0.319 e. The molecule has 11 heteroatoms. The van der Waals surface area contributed by atoms with Gasteiger partial charge in [0, 0.05) is 17.6 Å². The van der Waals surface area contributed by atoms with Gasteiger partial charge in [-0.1, -0.05) is 0 Å². The lowest BCUT2D eigenvalue weighted by atomic mass is 10.1. The zero-order chi connectivity index (χ0) is 22.3. The first-order valence-corrected chi connectivity index (χ1v) is 9.21. The van der Waals surface area contributed by atoms with Crippen LogP contribution < -0.4 is 16.0 Å². The Balaban J connectivity index is 1.62. The van der Waals surface area contributed by atoms with Crippen LogP contribution in [0.15, 0.2) is 48.8 Å². The van der Waals surface area contributed by atoms with E-state index in [1.54, 1.807) is 19.1 Å². The zero-order valence-corrected chi connectivity index (χ0v) is 16.2. The molecular weight excluding hydrogens is 413 g/mol. The number of hydrogen-bond acceptors (Lipinski definition) is 5. The number of alkyl halides is 3. The molecule has 0 bridgehead atoms. The second-order valence-corrected chi connectivity index (χ2v) is 7.02. The van der Waals surface area contributed by atoms with Gasteiger partial charge in [-0.15, -0.1) is 0 Å². The van der Waals surface area contributed by atoms with Crippen molar-refractivity contribution in [2.75, 3.05) is 16.8 Å². The molecule has 0 saturated carbocycles. The van der Waals surface area contributed by atoms with Gasteiger partial charge in [0.2, 0.25) is 0 Å². The number of pyridine rings is 1. The van der Waals surface area contributed by atoms with Crippen molar-refractivity contribution in [3.8, 4) is 0 Å². The minimum absolute atomic E-state index is 0.00808. The first kappa shape index (κ1) is 20.5. The van der Waals surface area contributed by atoms with Crippen molar-refractivity contribution in [2.24, 2.45) is 5.73 Å². The van der Waals surface area contributed by atoms with Crippen LogP contribution in [0.4, 0.5) is 24.5 Å². The van der Waals surface area contributed by atoms with E-state index in [9.17, 15) is 22.8 Å². The Morgan fingerprint density at radius 1 is 1.16 bits per heavy atom. The van der Waals surface area contributed by atoms with Gasteiger partial charge in [-0.3, -0.25) is 14.6 Å². The third-order valence-corrected chi connectivity index (χ3v) is 4.86. The monoisotopic (exact) mass is 430 g/mol. The first-order chi connectivity index (χ1) is 14.6. The predicted molar refractivity (Wildman–Crippen MR) is 105 cm³/mol. The lowest BCUT2D eigenvalue weighted by Crippen LogP contribution is -2.46. The quantitative estimate of drug-likeness (QED) is 0.665. The van der Waals surface area contributed by atoms with Crippen molar-refractivity contribution in [3.05, 3.63) is 71.3 Å². The molecule has 0 aliphatic carbocycles. The molecule has 4 rings (SSSR count). The average molecular weight is 430 g/mol. The van der Waals surface area contributed by atoms with Crippen LogP contribution in [0, 0.1) is 6.92 Å². The van der Waals surface area contributed by atoms with Gasteiger partial charge >= 0.3 is 6.18 Å².